The predicted molar refractivity (Wildman–Crippen MR) is 305 cm³/mol. The highest BCUT2D eigenvalue weighted by atomic mass is 32.1. The molecule has 83 heavy (non-hydrogen) atoms. The van der Waals surface area contributed by atoms with Gasteiger partial charge < -0.3 is 54.7 Å². The van der Waals surface area contributed by atoms with Gasteiger partial charge in [0.15, 0.2) is 5.82 Å². The number of alkyl halides is 2. The standard InChI is InChI=1S/C58H74F2N12O10S/c1-36-51(83-35-64-36)38-10-8-37(9-11-38)28-63-55(76)48-26-42(73)31-71(48)56(77)52(58(2,3)4)66-50(75)34-82-24-22-80-21-23-81-33-49(74)62-15-18-69-30-40(29-65-69)43-25-39-7-6-16-70(47(39)27-44(43)53(59)60)54-45-32-68(57(78)61-5)17-12-46(45)72(67-54)41-13-19-79-20-14-41/h8-11,25,27,29-30,35,41-42,48,53,73H,6-7,12-24,26,28,31-34H2,1-5H3,(H,61,78)(H,62,74)(H,63,76)/b66-52-/t42-,48?/m1/s1. The number of aryl methyl sites for hydroxylation is 2. The summed E-state index contributed by atoms with van der Waals surface area (Å²) in [5.41, 5.74) is 8.08. The number of nitrogens with zero attached hydrogens (tertiary/aromatic N) is 9. The molecule has 446 valence electrons. The van der Waals surface area contributed by atoms with Gasteiger partial charge in [-0.3, -0.25) is 28.5 Å². The molecule has 2 aromatic carbocycles. The van der Waals surface area contributed by atoms with E-state index in [1.165, 1.54) is 4.90 Å². The van der Waals surface area contributed by atoms with Crippen LogP contribution in [0.25, 0.3) is 21.6 Å². The van der Waals surface area contributed by atoms with E-state index in [0.29, 0.717) is 68.3 Å². The van der Waals surface area contributed by atoms with Crippen LogP contribution in [0.4, 0.5) is 25.1 Å². The lowest BCUT2D eigenvalue weighted by molar-refractivity contribution is -0.134. The number of carbonyl (C=O) groups is 5. The van der Waals surface area contributed by atoms with Gasteiger partial charge in [0, 0.05) is 106 Å². The number of nitrogens with one attached hydrogen (secondary N) is 3. The summed E-state index contributed by atoms with van der Waals surface area (Å²) in [6.45, 7) is 10.3. The lowest BCUT2D eigenvalue weighted by Crippen LogP contribution is -2.50. The molecule has 7 heterocycles. The number of urea groups is 1. The Balaban J connectivity index is 0.689. The number of hydrogen-bond donors (Lipinski definition) is 4. The molecular weight excluding hydrogens is 1090 g/mol. The molecule has 4 aliphatic heterocycles. The fraction of sp³-hybridized carbons (Fsp3) is 0.534. The Morgan fingerprint density at radius 3 is 2.41 bits per heavy atom. The van der Waals surface area contributed by atoms with Crippen molar-refractivity contribution in [3.8, 4) is 21.6 Å². The van der Waals surface area contributed by atoms with Crippen molar-refractivity contribution in [2.24, 2.45) is 10.4 Å². The van der Waals surface area contributed by atoms with Crippen LogP contribution in [-0.2, 0) is 70.6 Å². The van der Waals surface area contributed by atoms with Crippen molar-refractivity contribution >= 4 is 58.2 Å². The van der Waals surface area contributed by atoms with Crippen molar-refractivity contribution in [2.75, 3.05) is 91.0 Å². The van der Waals surface area contributed by atoms with Gasteiger partial charge in [-0.05, 0) is 67.0 Å². The number of β-amino-alcohol motifs (C(OH)–C–C–N with tert-alkyl or cyclic N) is 1. The topological polar surface area (TPSA) is 249 Å². The number of halogens is 2. The Morgan fingerprint density at radius 1 is 0.952 bits per heavy atom. The summed E-state index contributed by atoms with van der Waals surface area (Å²) in [5.74, 6) is -1.42. The largest absolute Gasteiger partial charge is 0.391 e. The van der Waals surface area contributed by atoms with E-state index in [1.807, 2.05) is 42.2 Å². The van der Waals surface area contributed by atoms with E-state index in [4.69, 9.17) is 24.0 Å². The molecule has 0 saturated carbocycles. The molecule has 6 amide bonds. The fourth-order valence-electron chi connectivity index (χ4n) is 10.9. The maximum atomic E-state index is 15.0. The molecule has 3 aromatic heterocycles. The number of carbonyl (C=O) groups excluding carboxylic acids is 5. The smallest absolute Gasteiger partial charge is 0.317 e. The summed E-state index contributed by atoms with van der Waals surface area (Å²) in [6.07, 6.45) is 3.32. The minimum absolute atomic E-state index is 0.0334. The number of amides is 6. The Kier molecular flexibility index (Phi) is 20.1. The van der Waals surface area contributed by atoms with E-state index < -0.39 is 48.3 Å². The van der Waals surface area contributed by atoms with Gasteiger partial charge in [0.05, 0.1) is 73.9 Å². The summed E-state index contributed by atoms with van der Waals surface area (Å²) in [7, 11) is 1.61. The summed E-state index contributed by atoms with van der Waals surface area (Å²) in [5, 5.41) is 28.6. The van der Waals surface area contributed by atoms with Crippen LogP contribution in [0, 0.1) is 12.3 Å². The van der Waals surface area contributed by atoms with Gasteiger partial charge in [0.25, 0.3) is 18.2 Å². The van der Waals surface area contributed by atoms with Crippen LogP contribution in [0.3, 0.4) is 0 Å². The van der Waals surface area contributed by atoms with Crippen LogP contribution in [-0.4, -0.2) is 173 Å². The number of likely N-dealkylation sites (tertiary alicyclic amines) is 1. The lowest BCUT2D eigenvalue weighted by Gasteiger charge is -2.33. The number of fused-ring (bicyclic) bond motifs is 2. The van der Waals surface area contributed by atoms with Crippen molar-refractivity contribution < 1.29 is 56.8 Å². The highest BCUT2D eigenvalue weighted by Crippen LogP contribution is 2.44. The molecule has 25 heteroatoms. The average Bonchev–Trinajstić information content (AvgIpc) is 3.75. The molecule has 22 nitrogen and oxygen atoms in total. The molecule has 2 atom stereocenters. The molecule has 0 spiro atoms. The minimum atomic E-state index is -2.78. The maximum Gasteiger partial charge on any atom is 0.317 e. The van der Waals surface area contributed by atoms with E-state index in [-0.39, 0.29) is 94.9 Å². The number of hydrogen-bond acceptors (Lipinski definition) is 15. The van der Waals surface area contributed by atoms with Crippen molar-refractivity contribution in [3.05, 3.63) is 87.9 Å². The zero-order chi connectivity index (χ0) is 58.8. The van der Waals surface area contributed by atoms with Crippen LogP contribution < -0.4 is 20.9 Å². The zero-order valence-electron chi connectivity index (χ0n) is 47.7. The van der Waals surface area contributed by atoms with Crippen molar-refractivity contribution in [3.63, 3.8) is 0 Å². The molecule has 5 aromatic rings. The van der Waals surface area contributed by atoms with Gasteiger partial charge in [0.1, 0.15) is 25.0 Å². The van der Waals surface area contributed by atoms with Crippen molar-refractivity contribution in [1.29, 1.82) is 0 Å². The van der Waals surface area contributed by atoms with E-state index in [0.717, 1.165) is 57.8 Å². The number of ether oxygens (including phenoxy) is 4. The minimum Gasteiger partial charge on any atom is -0.391 e. The van der Waals surface area contributed by atoms with Gasteiger partial charge >= 0.3 is 6.03 Å². The highest BCUT2D eigenvalue weighted by molar-refractivity contribution is 7.13. The Hall–Kier alpha value is -7.03. The first kappa shape index (κ1) is 60.6. The number of anilines is 2. The lowest BCUT2D eigenvalue weighted by atomic mass is 9.88. The van der Waals surface area contributed by atoms with E-state index in [9.17, 15) is 29.1 Å². The molecule has 4 aliphatic rings. The second-order valence-corrected chi connectivity index (χ2v) is 23.0. The monoisotopic (exact) mass is 1170 g/mol. The number of aliphatic hydroxyl groups is 1. The molecule has 2 fully saturated rings. The second kappa shape index (κ2) is 27.6. The van der Waals surface area contributed by atoms with E-state index in [1.54, 1.807) is 72.7 Å². The molecule has 0 bridgehead atoms. The third kappa shape index (κ3) is 14.8. The SMILES string of the molecule is CNC(=O)N1CCc2c(c(N3CCCc4cc(-c5cnn(CCNC(=O)COCCOCCOCC(=O)/N=C(/C(=O)N6C[C@H](O)CC6C(=O)NCc6ccc(-c7scnc7C)cc6)C(C)(C)C)c5)c(C(F)F)cc43)nn2C2CCOCC2)C1. The average molecular weight is 1170 g/mol. The summed E-state index contributed by atoms with van der Waals surface area (Å²) in [4.78, 5) is 80.3. The molecular formula is C58H74F2N12O10S. The van der Waals surface area contributed by atoms with Crippen LogP contribution in [0.5, 0.6) is 0 Å². The van der Waals surface area contributed by atoms with E-state index >= 15 is 8.78 Å². The third-order valence-electron chi connectivity index (χ3n) is 15.2. The predicted octanol–water partition coefficient (Wildman–Crippen LogP) is 5.71. The van der Waals surface area contributed by atoms with Gasteiger partial charge in [0.2, 0.25) is 11.8 Å². The number of aliphatic hydroxyl groups excluding tert-OH is 1. The molecule has 9 rings (SSSR count). The number of thiazole rings is 1. The van der Waals surface area contributed by atoms with Crippen LogP contribution in [0.1, 0.15) is 92.6 Å². The van der Waals surface area contributed by atoms with Gasteiger partial charge in [-0.15, -0.1) is 11.3 Å². The highest BCUT2D eigenvalue weighted by Gasteiger charge is 2.43. The first-order valence-electron chi connectivity index (χ1n) is 28.2. The van der Waals surface area contributed by atoms with Crippen LogP contribution in [0.15, 0.2) is 59.3 Å². The number of benzene rings is 2. The summed E-state index contributed by atoms with van der Waals surface area (Å²) < 4.78 is 55.9. The quantitative estimate of drug-likeness (QED) is 0.0479. The Morgan fingerprint density at radius 2 is 1.70 bits per heavy atom. The first-order valence-corrected chi connectivity index (χ1v) is 29.1. The van der Waals surface area contributed by atoms with Crippen molar-refractivity contribution in [2.45, 2.75) is 110 Å². The summed E-state index contributed by atoms with van der Waals surface area (Å²) >= 11 is 1.55. The third-order valence-corrected chi connectivity index (χ3v) is 16.2. The number of rotatable bonds is 22. The van der Waals surface area contributed by atoms with Gasteiger partial charge in [-0.1, -0.05) is 45.0 Å². The molecule has 0 aliphatic carbocycles. The van der Waals surface area contributed by atoms with Crippen LogP contribution >= 0.6 is 11.3 Å². The maximum absolute atomic E-state index is 15.0. The fourth-order valence-corrected chi connectivity index (χ4v) is 11.7. The molecule has 2 saturated heterocycles. The molecule has 4 N–H and O–H groups in total. The van der Waals surface area contributed by atoms with Gasteiger partial charge in [-0.25, -0.2) is 23.6 Å². The Bertz CT molecular complexity index is 3130. The molecule has 1 unspecified atom stereocenters. The normalized spacial score (nSPS) is 17.7. The first-order chi connectivity index (χ1) is 40.0. The summed E-state index contributed by atoms with van der Waals surface area (Å²) in [6, 6.07) is 10.2. The molecule has 0 radical (unpaired) electrons. The van der Waals surface area contributed by atoms with Gasteiger partial charge in [-0.2, -0.15) is 10.2 Å². The Labute approximate surface area is 484 Å². The van der Waals surface area contributed by atoms with E-state index in [2.05, 4.69) is 35.7 Å². The zero-order valence-corrected chi connectivity index (χ0v) is 48.5. The number of aliphatic imine (C=N–C) groups is 1. The second-order valence-electron chi connectivity index (χ2n) is 22.1. The van der Waals surface area contributed by atoms with Crippen molar-refractivity contribution in [1.82, 2.24) is 50.3 Å². The number of aromatic nitrogens is 5. The van der Waals surface area contributed by atoms with Crippen LogP contribution in [0.2, 0.25) is 0 Å².